The van der Waals surface area contributed by atoms with Gasteiger partial charge in [0.2, 0.25) is 5.95 Å². The molecule has 0 atom stereocenters. The van der Waals surface area contributed by atoms with Crippen LogP contribution in [0.4, 0.5) is 11.6 Å². The third kappa shape index (κ3) is 3.60. The number of unbranched alkanes of at least 4 members (excludes halogenated alkanes) is 1. The molecule has 1 heterocycles. The quantitative estimate of drug-likeness (QED) is 0.849. The monoisotopic (exact) mass is 273 g/mol. The molecule has 2 aromatic rings. The Morgan fingerprint density at radius 3 is 2.90 bits per heavy atom. The minimum atomic E-state index is -0.150. The highest BCUT2D eigenvalue weighted by Gasteiger charge is 2.05. The van der Waals surface area contributed by atoms with Crippen molar-refractivity contribution in [3.8, 4) is 5.75 Å². The topological polar surface area (TPSA) is 67.0 Å². The van der Waals surface area contributed by atoms with Crippen molar-refractivity contribution in [1.29, 1.82) is 0 Å². The number of nitrogens with one attached hydrogen (secondary N) is 2. The van der Waals surface area contributed by atoms with Gasteiger partial charge in [0.05, 0.1) is 12.8 Å². The molecule has 0 radical (unpaired) electrons. The van der Waals surface area contributed by atoms with Gasteiger partial charge >= 0.3 is 0 Å². The fraction of sp³-hybridized carbons (Fsp3) is 0.333. The lowest BCUT2D eigenvalue weighted by atomic mass is 10.2. The summed E-state index contributed by atoms with van der Waals surface area (Å²) in [4.78, 5) is 18.8. The first-order valence-electron chi connectivity index (χ1n) is 6.73. The van der Waals surface area contributed by atoms with Gasteiger partial charge < -0.3 is 10.1 Å². The molecule has 2 rings (SSSR count). The second kappa shape index (κ2) is 6.75. The molecule has 5 nitrogen and oxygen atoms in total. The fourth-order valence-corrected chi connectivity index (χ4v) is 1.93. The number of anilines is 2. The summed E-state index contributed by atoms with van der Waals surface area (Å²) >= 11 is 0. The lowest BCUT2D eigenvalue weighted by Gasteiger charge is -2.10. The Morgan fingerprint density at radius 1 is 1.35 bits per heavy atom. The molecule has 0 fully saturated rings. The maximum absolute atomic E-state index is 11.7. The van der Waals surface area contributed by atoms with Crippen molar-refractivity contribution in [2.75, 3.05) is 12.4 Å². The number of ether oxygens (including phenoxy) is 1. The van der Waals surface area contributed by atoms with Crippen molar-refractivity contribution in [3.63, 3.8) is 0 Å². The third-order valence-electron chi connectivity index (χ3n) is 2.94. The van der Waals surface area contributed by atoms with E-state index in [0.29, 0.717) is 11.7 Å². The van der Waals surface area contributed by atoms with Gasteiger partial charge in [-0.05, 0) is 25.0 Å². The molecule has 0 aliphatic carbocycles. The standard InChI is InChI=1S/C15H19N3O2/c1-3-4-7-11-10-14(19)18-15(16-11)17-12-8-5-6-9-13(12)20-2/h5-6,8-10H,3-4,7H2,1-2H3,(H2,16,17,18,19). The van der Waals surface area contributed by atoms with Crippen molar-refractivity contribution in [3.05, 3.63) is 46.4 Å². The summed E-state index contributed by atoms with van der Waals surface area (Å²) in [6.45, 7) is 2.11. The molecule has 0 aliphatic heterocycles. The zero-order valence-electron chi connectivity index (χ0n) is 11.8. The molecule has 0 bridgehead atoms. The largest absolute Gasteiger partial charge is 0.495 e. The predicted octanol–water partition coefficient (Wildman–Crippen LogP) is 2.86. The Morgan fingerprint density at radius 2 is 2.15 bits per heavy atom. The van der Waals surface area contributed by atoms with E-state index in [9.17, 15) is 4.79 Å². The molecule has 5 heteroatoms. The number of aromatic nitrogens is 2. The third-order valence-corrected chi connectivity index (χ3v) is 2.94. The molecule has 1 aromatic heterocycles. The summed E-state index contributed by atoms with van der Waals surface area (Å²) < 4.78 is 5.26. The summed E-state index contributed by atoms with van der Waals surface area (Å²) in [7, 11) is 1.61. The number of para-hydroxylation sites is 2. The number of hydrogen-bond donors (Lipinski definition) is 2. The van der Waals surface area contributed by atoms with Crippen LogP contribution in [0, 0.1) is 0 Å². The SMILES string of the molecule is CCCCc1cc(=O)[nH]c(Nc2ccccc2OC)n1. The average Bonchev–Trinajstić information content (AvgIpc) is 2.45. The van der Waals surface area contributed by atoms with Crippen LogP contribution in [-0.2, 0) is 6.42 Å². The first-order valence-corrected chi connectivity index (χ1v) is 6.73. The second-order valence-corrected chi connectivity index (χ2v) is 4.51. The van der Waals surface area contributed by atoms with Gasteiger partial charge in [-0.1, -0.05) is 25.5 Å². The Labute approximate surface area is 118 Å². The van der Waals surface area contributed by atoms with E-state index in [1.165, 1.54) is 0 Å². The highest BCUT2D eigenvalue weighted by atomic mass is 16.5. The van der Waals surface area contributed by atoms with Gasteiger partial charge in [-0.25, -0.2) is 4.98 Å². The molecule has 0 saturated carbocycles. The zero-order valence-corrected chi connectivity index (χ0v) is 11.8. The van der Waals surface area contributed by atoms with Crippen LogP contribution in [0.1, 0.15) is 25.5 Å². The number of hydrogen-bond acceptors (Lipinski definition) is 4. The number of methoxy groups -OCH3 is 1. The Balaban J connectivity index is 2.24. The normalized spacial score (nSPS) is 10.3. The number of rotatable bonds is 6. The maximum Gasteiger partial charge on any atom is 0.252 e. The molecule has 0 unspecified atom stereocenters. The zero-order chi connectivity index (χ0) is 14.4. The summed E-state index contributed by atoms with van der Waals surface area (Å²) in [5.74, 6) is 1.14. The summed E-state index contributed by atoms with van der Waals surface area (Å²) in [6, 6.07) is 9.05. The van der Waals surface area contributed by atoms with Crippen LogP contribution in [0.3, 0.4) is 0 Å². The maximum atomic E-state index is 11.7. The number of nitrogens with zero attached hydrogens (tertiary/aromatic N) is 1. The molecular formula is C15H19N3O2. The lowest BCUT2D eigenvalue weighted by Crippen LogP contribution is -2.12. The average molecular weight is 273 g/mol. The van der Waals surface area contributed by atoms with Crippen LogP contribution in [0.15, 0.2) is 35.1 Å². The first-order chi connectivity index (χ1) is 9.72. The highest BCUT2D eigenvalue weighted by Crippen LogP contribution is 2.25. The Kier molecular flexibility index (Phi) is 4.76. The first kappa shape index (κ1) is 14.1. The molecule has 0 saturated heterocycles. The molecule has 0 spiro atoms. The van der Waals surface area contributed by atoms with Crippen molar-refractivity contribution in [1.82, 2.24) is 9.97 Å². The minimum absolute atomic E-state index is 0.150. The Bertz CT molecular complexity index is 623. The van der Waals surface area contributed by atoms with Gasteiger partial charge in [0.1, 0.15) is 5.75 Å². The van der Waals surface area contributed by atoms with Crippen LogP contribution >= 0.6 is 0 Å². The van der Waals surface area contributed by atoms with Crippen LogP contribution < -0.4 is 15.6 Å². The van der Waals surface area contributed by atoms with E-state index >= 15 is 0 Å². The predicted molar refractivity (Wildman–Crippen MR) is 79.7 cm³/mol. The van der Waals surface area contributed by atoms with Gasteiger partial charge in [-0.2, -0.15) is 0 Å². The van der Waals surface area contributed by atoms with E-state index in [4.69, 9.17) is 4.74 Å². The van der Waals surface area contributed by atoms with Gasteiger partial charge in [0, 0.05) is 11.8 Å². The van der Waals surface area contributed by atoms with E-state index in [0.717, 1.165) is 30.6 Å². The van der Waals surface area contributed by atoms with Crippen LogP contribution in [-0.4, -0.2) is 17.1 Å². The van der Waals surface area contributed by atoms with E-state index in [2.05, 4.69) is 22.2 Å². The van der Waals surface area contributed by atoms with Gasteiger partial charge in [0.15, 0.2) is 0 Å². The molecule has 1 aromatic carbocycles. The Hall–Kier alpha value is -2.30. The fourth-order valence-electron chi connectivity index (χ4n) is 1.93. The van der Waals surface area contributed by atoms with Crippen molar-refractivity contribution >= 4 is 11.6 Å². The molecule has 106 valence electrons. The van der Waals surface area contributed by atoms with E-state index < -0.39 is 0 Å². The highest BCUT2D eigenvalue weighted by molar-refractivity contribution is 5.62. The van der Waals surface area contributed by atoms with Gasteiger partial charge in [-0.3, -0.25) is 9.78 Å². The van der Waals surface area contributed by atoms with E-state index in [-0.39, 0.29) is 5.56 Å². The molecule has 20 heavy (non-hydrogen) atoms. The number of H-pyrrole nitrogens is 1. The summed E-state index contributed by atoms with van der Waals surface area (Å²) in [5, 5.41) is 3.09. The smallest absolute Gasteiger partial charge is 0.252 e. The van der Waals surface area contributed by atoms with Gasteiger partial charge in [0.25, 0.3) is 5.56 Å². The molecule has 2 N–H and O–H groups in total. The molecule has 0 amide bonds. The van der Waals surface area contributed by atoms with Crippen molar-refractivity contribution in [2.24, 2.45) is 0 Å². The lowest BCUT2D eigenvalue weighted by molar-refractivity contribution is 0.417. The van der Waals surface area contributed by atoms with Crippen LogP contribution in [0.2, 0.25) is 0 Å². The minimum Gasteiger partial charge on any atom is -0.495 e. The van der Waals surface area contributed by atoms with Crippen LogP contribution in [0.5, 0.6) is 5.75 Å². The second-order valence-electron chi connectivity index (χ2n) is 4.51. The van der Waals surface area contributed by atoms with E-state index in [1.54, 1.807) is 13.2 Å². The van der Waals surface area contributed by atoms with E-state index in [1.807, 2.05) is 24.3 Å². The number of aromatic amines is 1. The van der Waals surface area contributed by atoms with Gasteiger partial charge in [-0.15, -0.1) is 0 Å². The molecular weight excluding hydrogens is 254 g/mol. The molecule has 0 aliphatic rings. The summed E-state index contributed by atoms with van der Waals surface area (Å²) in [5.41, 5.74) is 1.42. The number of benzene rings is 1. The number of aryl methyl sites for hydroxylation is 1. The van der Waals surface area contributed by atoms with Crippen LogP contribution in [0.25, 0.3) is 0 Å². The van der Waals surface area contributed by atoms with Crippen molar-refractivity contribution in [2.45, 2.75) is 26.2 Å². The summed E-state index contributed by atoms with van der Waals surface area (Å²) in [6.07, 6.45) is 2.90. The van der Waals surface area contributed by atoms with Crippen molar-refractivity contribution < 1.29 is 4.74 Å².